The van der Waals surface area contributed by atoms with Crippen LogP contribution in [0.2, 0.25) is 0 Å². The Morgan fingerprint density at radius 1 is 1.27 bits per heavy atom. The van der Waals surface area contributed by atoms with Crippen molar-refractivity contribution in [3.8, 4) is 11.3 Å². The van der Waals surface area contributed by atoms with Crippen molar-refractivity contribution < 1.29 is 13.2 Å². The van der Waals surface area contributed by atoms with Gasteiger partial charge in [0.1, 0.15) is 0 Å². The summed E-state index contributed by atoms with van der Waals surface area (Å²) in [6, 6.07) is 8.09. The van der Waals surface area contributed by atoms with Gasteiger partial charge in [-0.1, -0.05) is 29.8 Å². The number of carbonyl (C=O) groups is 1. The van der Waals surface area contributed by atoms with Crippen LogP contribution in [0, 0.1) is 12.8 Å². The number of piperidine rings is 1. The van der Waals surface area contributed by atoms with E-state index in [2.05, 4.69) is 10.3 Å². The number of sulfonamides is 1. The summed E-state index contributed by atoms with van der Waals surface area (Å²) in [5.41, 5.74) is 3.05. The highest BCUT2D eigenvalue weighted by Crippen LogP contribution is 2.27. The zero-order valence-corrected chi connectivity index (χ0v) is 16.6. The molecule has 0 aliphatic carbocycles. The summed E-state index contributed by atoms with van der Waals surface area (Å²) in [6.45, 7) is 4.48. The molecule has 0 unspecified atom stereocenters. The van der Waals surface area contributed by atoms with Crippen molar-refractivity contribution in [2.75, 3.05) is 24.2 Å². The van der Waals surface area contributed by atoms with Crippen LogP contribution in [0.1, 0.15) is 25.3 Å². The van der Waals surface area contributed by atoms with E-state index in [4.69, 9.17) is 0 Å². The van der Waals surface area contributed by atoms with Crippen molar-refractivity contribution in [1.29, 1.82) is 0 Å². The molecule has 1 saturated heterocycles. The molecular formula is C18H23N3O3S2. The Morgan fingerprint density at radius 2 is 1.92 bits per heavy atom. The number of benzene rings is 1. The highest BCUT2D eigenvalue weighted by atomic mass is 32.2. The third-order valence-corrected chi connectivity index (χ3v) is 7.30. The minimum absolute atomic E-state index is 0.0802. The van der Waals surface area contributed by atoms with Crippen molar-refractivity contribution in [2.24, 2.45) is 5.92 Å². The standard InChI is InChI=1S/C18H23N3O3S2/c1-3-26(23,24)21-10-8-15(9-11-21)17(22)20-18-19-16(12-25-18)14-6-4-13(2)5-7-14/h4-7,12,15H,3,8-11H2,1-2H3,(H,19,20,22). The Morgan fingerprint density at radius 3 is 2.54 bits per heavy atom. The number of amides is 1. The van der Waals surface area contributed by atoms with Gasteiger partial charge in [-0.2, -0.15) is 0 Å². The largest absolute Gasteiger partial charge is 0.302 e. The summed E-state index contributed by atoms with van der Waals surface area (Å²) in [5, 5.41) is 5.39. The lowest BCUT2D eigenvalue weighted by atomic mass is 9.97. The third-order valence-electron chi connectivity index (χ3n) is 4.66. The number of carbonyl (C=O) groups excluding carboxylic acids is 1. The first-order chi connectivity index (χ1) is 12.4. The lowest BCUT2D eigenvalue weighted by molar-refractivity contribution is -0.120. The molecule has 26 heavy (non-hydrogen) atoms. The van der Waals surface area contributed by atoms with E-state index >= 15 is 0 Å². The molecule has 0 atom stereocenters. The van der Waals surface area contributed by atoms with Gasteiger partial charge < -0.3 is 5.32 Å². The molecule has 6 nitrogen and oxygen atoms in total. The average Bonchev–Trinajstić information content (AvgIpc) is 3.11. The van der Waals surface area contributed by atoms with Crippen LogP contribution in [0.5, 0.6) is 0 Å². The van der Waals surface area contributed by atoms with Gasteiger partial charge in [0.2, 0.25) is 15.9 Å². The number of aromatic nitrogens is 1. The fourth-order valence-electron chi connectivity index (χ4n) is 2.97. The molecule has 1 aliphatic rings. The van der Waals surface area contributed by atoms with E-state index in [1.54, 1.807) is 6.92 Å². The minimum Gasteiger partial charge on any atom is -0.302 e. The Hall–Kier alpha value is -1.77. The van der Waals surface area contributed by atoms with E-state index in [0.717, 1.165) is 11.3 Å². The molecule has 8 heteroatoms. The van der Waals surface area contributed by atoms with Gasteiger partial charge >= 0.3 is 0 Å². The van der Waals surface area contributed by atoms with E-state index in [1.807, 2.05) is 36.6 Å². The first-order valence-corrected chi connectivity index (χ1v) is 11.2. The lowest BCUT2D eigenvalue weighted by Crippen LogP contribution is -2.42. The number of hydrogen-bond acceptors (Lipinski definition) is 5. The summed E-state index contributed by atoms with van der Waals surface area (Å²) >= 11 is 1.40. The lowest BCUT2D eigenvalue weighted by Gasteiger charge is -2.30. The summed E-state index contributed by atoms with van der Waals surface area (Å²) in [7, 11) is -3.17. The van der Waals surface area contributed by atoms with Crippen LogP contribution in [-0.4, -0.2) is 42.5 Å². The van der Waals surface area contributed by atoms with Crippen molar-refractivity contribution in [2.45, 2.75) is 26.7 Å². The molecule has 1 fully saturated rings. The second-order valence-corrected chi connectivity index (χ2v) is 9.58. The molecule has 1 aromatic heterocycles. The molecule has 0 bridgehead atoms. The van der Waals surface area contributed by atoms with Crippen LogP contribution in [0.3, 0.4) is 0 Å². The van der Waals surface area contributed by atoms with Gasteiger partial charge in [-0.15, -0.1) is 11.3 Å². The smallest absolute Gasteiger partial charge is 0.229 e. The van der Waals surface area contributed by atoms with Gasteiger partial charge in [0.25, 0.3) is 0 Å². The fourth-order valence-corrected chi connectivity index (χ4v) is 4.83. The normalized spacial score (nSPS) is 16.5. The van der Waals surface area contributed by atoms with Gasteiger partial charge in [0.05, 0.1) is 11.4 Å². The number of thiazole rings is 1. The first kappa shape index (κ1) is 19.0. The Kier molecular flexibility index (Phi) is 5.74. The van der Waals surface area contributed by atoms with Crippen molar-refractivity contribution in [1.82, 2.24) is 9.29 Å². The molecule has 0 spiro atoms. The topological polar surface area (TPSA) is 79.4 Å². The fraction of sp³-hybridized carbons (Fsp3) is 0.444. The van der Waals surface area contributed by atoms with Gasteiger partial charge in [-0.25, -0.2) is 17.7 Å². The highest BCUT2D eigenvalue weighted by Gasteiger charge is 2.30. The highest BCUT2D eigenvalue weighted by molar-refractivity contribution is 7.89. The predicted molar refractivity (Wildman–Crippen MR) is 105 cm³/mol. The van der Waals surface area contributed by atoms with E-state index in [0.29, 0.717) is 31.1 Å². The van der Waals surface area contributed by atoms with Crippen LogP contribution in [0.15, 0.2) is 29.6 Å². The SMILES string of the molecule is CCS(=O)(=O)N1CCC(C(=O)Nc2nc(-c3ccc(C)cc3)cs2)CC1. The molecule has 3 rings (SSSR count). The van der Waals surface area contributed by atoms with E-state index in [9.17, 15) is 13.2 Å². The monoisotopic (exact) mass is 393 g/mol. The Balaban J connectivity index is 1.58. The second kappa shape index (κ2) is 7.85. The minimum atomic E-state index is -3.17. The zero-order chi connectivity index (χ0) is 18.7. The third kappa shape index (κ3) is 4.31. The summed E-state index contributed by atoms with van der Waals surface area (Å²) in [6.07, 6.45) is 1.09. The maximum atomic E-state index is 12.5. The number of rotatable bonds is 5. The number of hydrogen-bond donors (Lipinski definition) is 1. The number of aryl methyl sites for hydroxylation is 1. The molecule has 0 saturated carbocycles. The summed E-state index contributed by atoms with van der Waals surface area (Å²) in [4.78, 5) is 17.0. The molecule has 1 N–H and O–H groups in total. The number of nitrogens with one attached hydrogen (secondary N) is 1. The maximum Gasteiger partial charge on any atom is 0.229 e. The van der Waals surface area contributed by atoms with Crippen LogP contribution < -0.4 is 5.32 Å². The van der Waals surface area contributed by atoms with Crippen molar-refractivity contribution in [3.63, 3.8) is 0 Å². The van der Waals surface area contributed by atoms with Crippen LogP contribution >= 0.6 is 11.3 Å². The molecule has 2 aromatic rings. The molecule has 1 aliphatic heterocycles. The summed E-state index contributed by atoms with van der Waals surface area (Å²) in [5.74, 6) is -0.154. The van der Waals surface area contributed by atoms with E-state index in [-0.39, 0.29) is 17.6 Å². The van der Waals surface area contributed by atoms with Crippen LogP contribution in [0.4, 0.5) is 5.13 Å². The molecule has 0 radical (unpaired) electrons. The zero-order valence-electron chi connectivity index (χ0n) is 14.9. The van der Waals surface area contributed by atoms with Crippen molar-refractivity contribution in [3.05, 3.63) is 35.2 Å². The molecular weight excluding hydrogens is 370 g/mol. The van der Waals surface area contributed by atoms with E-state index in [1.165, 1.54) is 21.2 Å². The second-order valence-electron chi connectivity index (χ2n) is 6.47. The molecule has 140 valence electrons. The summed E-state index contributed by atoms with van der Waals surface area (Å²) < 4.78 is 25.3. The van der Waals surface area contributed by atoms with Crippen LogP contribution in [0.25, 0.3) is 11.3 Å². The van der Waals surface area contributed by atoms with Gasteiger partial charge in [-0.05, 0) is 26.7 Å². The maximum absolute atomic E-state index is 12.5. The quantitative estimate of drug-likeness (QED) is 0.846. The van der Waals surface area contributed by atoms with E-state index < -0.39 is 10.0 Å². The van der Waals surface area contributed by atoms with Gasteiger partial charge in [0, 0.05) is 30.0 Å². The molecule has 2 heterocycles. The Labute approximate surface area is 158 Å². The number of anilines is 1. The van der Waals surface area contributed by atoms with Gasteiger partial charge in [-0.3, -0.25) is 4.79 Å². The van der Waals surface area contributed by atoms with Crippen LogP contribution in [-0.2, 0) is 14.8 Å². The van der Waals surface area contributed by atoms with Gasteiger partial charge in [0.15, 0.2) is 5.13 Å². The average molecular weight is 394 g/mol. The molecule has 1 aromatic carbocycles. The molecule has 1 amide bonds. The predicted octanol–water partition coefficient (Wildman–Crippen LogP) is 3.12. The van der Waals surface area contributed by atoms with Crippen molar-refractivity contribution >= 4 is 32.4 Å². The first-order valence-electron chi connectivity index (χ1n) is 8.70. The number of nitrogens with zero attached hydrogens (tertiary/aromatic N) is 2. The Bertz CT molecular complexity index is 867.